The molecule has 0 amide bonds. The van der Waals surface area contributed by atoms with Gasteiger partial charge in [-0.25, -0.2) is 9.97 Å². The number of pyridine rings is 2. The number of hydrogen-bond donors (Lipinski definition) is 2. The zero-order chi connectivity index (χ0) is 17.1. The number of aromatic amines is 1. The van der Waals surface area contributed by atoms with Crippen molar-refractivity contribution in [2.24, 2.45) is 0 Å². The van der Waals surface area contributed by atoms with E-state index in [2.05, 4.69) is 19.9 Å². The summed E-state index contributed by atoms with van der Waals surface area (Å²) in [6.07, 6.45) is 5.53. The number of nitrogens with one attached hydrogen (secondary N) is 1. The maximum atomic E-state index is 13.2. The van der Waals surface area contributed by atoms with E-state index >= 15 is 0 Å². The quantitative estimate of drug-likeness (QED) is 0.587. The van der Waals surface area contributed by atoms with Gasteiger partial charge in [-0.2, -0.15) is 4.98 Å². The number of nitrogen functional groups attached to an aromatic ring is 1. The van der Waals surface area contributed by atoms with Crippen LogP contribution in [0.5, 0.6) is 0 Å². The van der Waals surface area contributed by atoms with E-state index in [1.807, 2.05) is 31.3 Å². The van der Waals surface area contributed by atoms with Crippen LogP contribution in [0.15, 0.2) is 35.4 Å². The number of aromatic nitrogens is 5. The normalized spacial score (nSPS) is 14.4. The highest BCUT2D eigenvalue weighted by molar-refractivity contribution is 5.86. The third-order valence-corrected chi connectivity index (χ3v) is 4.72. The summed E-state index contributed by atoms with van der Waals surface area (Å²) in [7, 11) is 0. The number of aryl methyl sites for hydroxylation is 1. The van der Waals surface area contributed by atoms with Crippen molar-refractivity contribution in [1.82, 2.24) is 24.5 Å². The summed E-state index contributed by atoms with van der Waals surface area (Å²) in [5.41, 5.74) is 9.37. The summed E-state index contributed by atoms with van der Waals surface area (Å²) >= 11 is 0. The Morgan fingerprint density at radius 2 is 2.12 bits per heavy atom. The first-order valence-electron chi connectivity index (χ1n) is 8.25. The molecule has 3 N–H and O–H groups in total. The Labute approximate surface area is 142 Å². The van der Waals surface area contributed by atoms with E-state index in [-0.39, 0.29) is 17.5 Å². The Kier molecular flexibility index (Phi) is 2.77. The number of anilines is 1. The van der Waals surface area contributed by atoms with Gasteiger partial charge in [-0.15, -0.1) is 0 Å². The number of H-pyrrole nitrogens is 1. The zero-order valence-electron chi connectivity index (χ0n) is 13.7. The van der Waals surface area contributed by atoms with E-state index in [0.717, 1.165) is 40.5 Å². The van der Waals surface area contributed by atoms with Crippen molar-refractivity contribution < 1.29 is 0 Å². The van der Waals surface area contributed by atoms with Gasteiger partial charge in [-0.05, 0) is 38.0 Å². The van der Waals surface area contributed by atoms with Crippen LogP contribution in [-0.2, 0) is 0 Å². The SMILES string of the molecule is Cc1nc(N)nc2c1cc(-c1cnc3[nH]ccc3c1)c(=O)n2C1CC1. The summed E-state index contributed by atoms with van der Waals surface area (Å²) in [6, 6.07) is 5.97. The number of nitrogens with two attached hydrogens (primary N) is 1. The van der Waals surface area contributed by atoms with Crippen molar-refractivity contribution in [3.05, 3.63) is 46.6 Å². The molecule has 1 aliphatic carbocycles. The third-order valence-electron chi connectivity index (χ3n) is 4.72. The molecule has 1 saturated carbocycles. The zero-order valence-corrected chi connectivity index (χ0v) is 13.7. The first kappa shape index (κ1) is 14.2. The Morgan fingerprint density at radius 1 is 1.28 bits per heavy atom. The second-order valence-electron chi connectivity index (χ2n) is 6.51. The van der Waals surface area contributed by atoms with Crippen LogP contribution in [-0.4, -0.2) is 24.5 Å². The predicted octanol–water partition coefficient (Wildman–Crippen LogP) is 2.56. The second-order valence-corrected chi connectivity index (χ2v) is 6.51. The van der Waals surface area contributed by atoms with Crippen molar-refractivity contribution in [3.63, 3.8) is 0 Å². The molecule has 0 aliphatic heterocycles. The van der Waals surface area contributed by atoms with Crippen LogP contribution in [0.4, 0.5) is 5.95 Å². The van der Waals surface area contributed by atoms with Gasteiger partial charge in [0.05, 0.1) is 5.69 Å². The van der Waals surface area contributed by atoms with Crippen molar-refractivity contribution in [2.75, 3.05) is 5.73 Å². The molecule has 0 bridgehead atoms. The monoisotopic (exact) mass is 332 g/mol. The Hall–Kier alpha value is -3.22. The minimum Gasteiger partial charge on any atom is -0.368 e. The van der Waals surface area contributed by atoms with E-state index in [4.69, 9.17) is 5.73 Å². The van der Waals surface area contributed by atoms with Gasteiger partial charge in [0.25, 0.3) is 5.56 Å². The standard InChI is InChI=1S/C18H16N6O/c1-9-13-7-14(11-6-10-4-5-20-15(10)21-8-11)17(25)24(12-2-3-12)16(13)23-18(19)22-9/h4-8,12H,2-3H2,1H3,(H,20,21)(H2,19,22,23). The molecule has 0 saturated heterocycles. The van der Waals surface area contributed by atoms with Gasteiger partial charge in [0, 0.05) is 40.3 Å². The molecule has 4 heterocycles. The number of fused-ring (bicyclic) bond motifs is 2. The van der Waals surface area contributed by atoms with E-state index in [9.17, 15) is 4.79 Å². The van der Waals surface area contributed by atoms with Crippen molar-refractivity contribution in [3.8, 4) is 11.1 Å². The van der Waals surface area contributed by atoms with E-state index in [1.165, 1.54) is 0 Å². The molecule has 5 rings (SSSR count). The number of nitrogens with zero attached hydrogens (tertiary/aromatic N) is 4. The van der Waals surface area contributed by atoms with Gasteiger partial charge in [-0.3, -0.25) is 9.36 Å². The highest BCUT2D eigenvalue weighted by Gasteiger charge is 2.28. The van der Waals surface area contributed by atoms with Crippen molar-refractivity contribution >= 4 is 28.0 Å². The Balaban J connectivity index is 1.86. The van der Waals surface area contributed by atoms with Gasteiger partial charge < -0.3 is 10.7 Å². The molecule has 0 unspecified atom stereocenters. The van der Waals surface area contributed by atoms with Crippen LogP contribution in [0.2, 0.25) is 0 Å². The first-order chi connectivity index (χ1) is 12.1. The van der Waals surface area contributed by atoms with E-state index in [0.29, 0.717) is 11.2 Å². The Bertz CT molecular complexity index is 1200. The lowest BCUT2D eigenvalue weighted by Crippen LogP contribution is -2.23. The van der Waals surface area contributed by atoms with Crippen LogP contribution < -0.4 is 11.3 Å². The highest BCUT2D eigenvalue weighted by Crippen LogP contribution is 2.37. The lowest BCUT2D eigenvalue weighted by Gasteiger charge is -2.13. The largest absolute Gasteiger partial charge is 0.368 e. The summed E-state index contributed by atoms with van der Waals surface area (Å²) in [6.45, 7) is 1.89. The smallest absolute Gasteiger partial charge is 0.260 e. The molecule has 1 aliphatic rings. The Morgan fingerprint density at radius 3 is 2.92 bits per heavy atom. The summed E-state index contributed by atoms with van der Waals surface area (Å²) in [5.74, 6) is 0.196. The molecule has 7 heteroatoms. The average Bonchev–Trinajstić information content (AvgIpc) is 3.30. The fourth-order valence-corrected chi connectivity index (χ4v) is 3.34. The van der Waals surface area contributed by atoms with Crippen molar-refractivity contribution in [1.29, 1.82) is 0 Å². The molecule has 25 heavy (non-hydrogen) atoms. The minimum atomic E-state index is -0.0517. The van der Waals surface area contributed by atoms with Crippen LogP contribution in [0, 0.1) is 6.92 Å². The molecule has 0 aromatic carbocycles. The minimum absolute atomic E-state index is 0.0517. The first-order valence-corrected chi connectivity index (χ1v) is 8.25. The van der Waals surface area contributed by atoms with Crippen LogP contribution in [0.25, 0.3) is 33.2 Å². The topological polar surface area (TPSA) is 102 Å². The predicted molar refractivity (Wildman–Crippen MR) is 96.3 cm³/mol. The van der Waals surface area contributed by atoms with Gasteiger partial charge in [0.1, 0.15) is 11.3 Å². The molecular formula is C18H16N6O. The molecule has 124 valence electrons. The van der Waals surface area contributed by atoms with Crippen molar-refractivity contribution in [2.45, 2.75) is 25.8 Å². The third kappa shape index (κ3) is 2.12. The molecule has 4 aromatic rings. The lowest BCUT2D eigenvalue weighted by atomic mass is 10.1. The lowest BCUT2D eigenvalue weighted by molar-refractivity contribution is 0.730. The molecule has 0 radical (unpaired) electrons. The summed E-state index contributed by atoms with van der Waals surface area (Å²) in [5, 5.41) is 1.82. The molecule has 0 atom stereocenters. The summed E-state index contributed by atoms with van der Waals surface area (Å²) < 4.78 is 1.77. The van der Waals surface area contributed by atoms with Crippen LogP contribution >= 0.6 is 0 Å². The number of rotatable bonds is 2. The average molecular weight is 332 g/mol. The van der Waals surface area contributed by atoms with E-state index in [1.54, 1.807) is 10.8 Å². The van der Waals surface area contributed by atoms with Gasteiger partial charge in [0.15, 0.2) is 0 Å². The fourth-order valence-electron chi connectivity index (χ4n) is 3.34. The van der Waals surface area contributed by atoms with Gasteiger partial charge in [-0.1, -0.05) is 0 Å². The van der Waals surface area contributed by atoms with Gasteiger partial charge in [0.2, 0.25) is 5.95 Å². The highest BCUT2D eigenvalue weighted by atomic mass is 16.1. The maximum Gasteiger partial charge on any atom is 0.260 e. The molecule has 4 aromatic heterocycles. The maximum absolute atomic E-state index is 13.2. The molecule has 0 spiro atoms. The summed E-state index contributed by atoms with van der Waals surface area (Å²) in [4.78, 5) is 29.3. The second kappa shape index (κ2) is 4.89. The molecular weight excluding hydrogens is 316 g/mol. The van der Waals surface area contributed by atoms with Gasteiger partial charge >= 0.3 is 0 Å². The van der Waals surface area contributed by atoms with Crippen LogP contribution in [0.1, 0.15) is 24.6 Å². The number of hydrogen-bond acceptors (Lipinski definition) is 5. The fraction of sp³-hybridized carbons (Fsp3) is 0.222. The van der Waals surface area contributed by atoms with Crippen LogP contribution in [0.3, 0.4) is 0 Å². The molecule has 7 nitrogen and oxygen atoms in total. The van der Waals surface area contributed by atoms with E-state index < -0.39 is 0 Å². The molecule has 1 fully saturated rings.